The number of hydrogen-bond acceptors (Lipinski definition) is 6. The monoisotopic (exact) mass is 688 g/mol. The Hall–Kier alpha value is -3.71. The van der Waals surface area contributed by atoms with Gasteiger partial charge in [-0.15, -0.1) is 0 Å². The summed E-state index contributed by atoms with van der Waals surface area (Å²) in [5, 5.41) is 2.65. The number of amidine groups is 1. The first-order valence-electron chi connectivity index (χ1n) is 16.5. The number of alkyl halides is 3. The highest BCUT2D eigenvalue weighted by Crippen LogP contribution is 2.36. The molecule has 0 atom stereocenters. The molecule has 1 saturated heterocycles. The summed E-state index contributed by atoms with van der Waals surface area (Å²) in [7, 11) is -1.90. The van der Waals surface area contributed by atoms with Gasteiger partial charge >= 0.3 is 6.18 Å². The minimum atomic E-state index is -4.64. The first kappa shape index (κ1) is 35.6. The van der Waals surface area contributed by atoms with Crippen molar-refractivity contribution in [2.24, 2.45) is 4.99 Å². The number of sulfonamides is 1. The number of nitrogens with zero attached hydrogens (tertiary/aromatic N) is 3. The van der Waals surface area contributed by atoms with E-state index in [1.807, 2.05) is 31.2 Å². The van der Waals surface area contributed by atoms with Gasteiger partial charge in [-0.05, 0) is 93.3 Å². The van der Waals surface area contributed by atoms with Crippen molar-refractivity contribution in [3.05, 3.63) is 76.4 Å². The van der Waals surface area contributed by atoms with E-state index in [9.17, 15) is 31.2 Å². The number of carbonyl (C=O) groups is 2. The van der Waals surface area contributed by atoms with Gasteiger partial charge in [-0.2, -0.15) is 13.2 Å². The summed E-state index contributed by atoms with van der Waals surface area (Å²) < 4.78 is 75.2. The number of carbonyl (C=O) groups excluding carboxylic acids is 2. The van der Waals surface area contributed by atoms with Gasteiger partial charge in [-0.1, -0.05) is 31.1 Å². The molecule has 260 valence electrons. The van der Waals surface area contributed by atoms with Crippen LogP contribution in [0.15, 0.2) is 53.5 Å². The van der Waals surface area contributed by atoms with Gasteiger partial charge in [0, 0.05) is 37.8 Å². The summed E-state index contributed by atoms with van der Waals surface area (Å²) in [6, 6.07) is 8.67. The second-order valence-corrected chi connectivity index (χ2v) is 14.9. The number of halogens is 3. The molecule has 0 unspecified atom stereocenters. The highest BCUT2D eigenvalue weighted by molar-refractivity contribution is 7.89. The molecule has 5 aliphatic rings. The lowest BCUT2D eigenvalue weighted by Crippen LogP contribution is -2.50. The number of ether oxygens (including phenoxy) is 1. The van der Waals surface area contributed by atoms with E-state index >= 15 is 0 Å². The Labute approximate surface area is 280 Å². The van der Waals surface area contributed by atoms with Crippen LogP contribution in [0.2, 0.25) is 0 Å². The number of rotatable bonds is 0. The fourth-order valence-electron chi connectivity index (χ4n) is 6.35. The van der Waals surface area contributed by atoms with E-state index in [2.05, 4.69) is 10.3 Å². The van der Waals surface area contributed by atoms with Gasteiger partial charge in [0.25, 0.3) is 11.8 Å². The predicted octanol–water partition coefficient (Wildman–Crippen LogP) is 5.66. The summed E-state index contributed by atoms with van der Waals surface area (Å²) >= 11 is 0. The number of piperidine rings is 1. The zero-order valence-corrected chi connectivity index (χ0v) is 28.3. The van der Waals surface area contributed by atoms with Gasteiger partial charge in [-0.25, -0.2) is 12.7 Å². The molecule has 9 nitrogen and oxygen atoms in total. The number of hydrogen-bond donors (Lipinski definition) is 1. The van der Waals surface area contributed by atoms with Gasteiger partial charge in [0.15, 0.2) is 0 Å². The number of nitrogens with one attached hydrogen (secondary N) is 1. The van der Waals surface area contributed by atoms with Gasteiger partial charge in [0.05, 0.1) is 17.9 Å². The Morgan fingerprint density at radius 2 is 1.65 bits per heavy atom. The Kier molecular flexibility index (Phi) is 11.0. The fourth-order valence-corrected chi connectivity index (χ4v) is 7.83. The van der Waals surface area contributed by atoms with Crippen molar-refractivity contribution >= 4 is 27.7 Å². The predicted molar refractivity (Wildman–Crippen MR) is 178 cm³/mol. The molecule has 0 radical (unpaired) electrons. The summed E-state index contributed by atoms with van der Waals surface area (Å²) in [4.78, 5) is 32.5. The van der Waals surface area contributed by atoms with Gasteiger partial charge in [0.1, 0.15) is 17.1 Å². The van der Waals surface area contributed by atoms with Crippen molar-refractivity contribution in [3.63, 3.8) is 0 Å². The lowest BCUT2D eigenvalue weighted by atomic mass is 9.89. The highest BCUT2D eigenvalue weighted by Gasteiger charge is 2.47. The third-order valence-corrected chi connectivity index (χ3v) is 11.2. The third kappa shape index (κ3) is 8.46. The van der Waals surface area contributed by atoms with Gasteiger partial charge < -0.3 is 15.0 Å². The molecule has 1 spiro atoms. The summed E-state index contributed by atoms with van der Waals surface area (Å²) in [6.07, 6.45) is 5.02. The third-order valence-electron chi connectivity index (χ3n) is 9.33. The topological polar surface area (TPSA) is 108 Å². The van der Waals surface area contributed by atoms with Crippen LogP contribution in [0, 0.1) is 6.92 Å². The molecule has 2 aromatic rings. The SMILES string of the molecule is Cc1cc2ccc1CCS(=O)(=O)N1CCC3(CC1)N=C(NC3=O)c1cc(cc(C(F)(F)F)c1)OCC/C=C\CCCCCCN(C)C2=O. The smallest absolute Gasteiger partial charge is 0.416 e. The lowest BCUT2D eigenvalue weighted by molar-refractivity contribution is -0.137. The number of fused-ring (bicyclic) bond motifs is 2. The van der Waals surface area contributed by atoms with Crippen molar-refractivity contribution < 1.29 is 35.9 Å². The van der Waals surface area contributed by atoms with E-state index in [1.165, 1.54) is 10.4 Å². The molecule has 7 bridgehead atoms. The standard InChI is InChI=1S/C35H43F3N4O5S/c1-25-21-27-12-11-26(25)13-20-48(45,46)42-17-14-34(15-18-42)33(44)39-31(40-34)28-22-29(35(36,37)38)24-30(23-28)47-19-10-8-6-4-3-5-7-9-16-41(2)32(27)43/h6,8,11-12,21-24H,3-5,7,9-10,13-20H2,1-2H3,(H,39,40,44)/b8-6-. The Morgan fingerprint density at radius 3 is 2.38 bits per heavy atom. The first-order valence-corrected chi connectivity index (χ1v) is 18.1. The number of aliphatic imine (C=N–C) groups is 1. The average molecular weight is 689 g/mol. The van der Waals surface area contributed by atoms with Gasteiger partial charge in [0.2, 0.25) is 10.0 Å². The van der Waals surface area contributed by atoms with Crippen molar-refractivity contribution in [1.29, 1.82) is 0 Å². The molecule has 1 N–H and O–H groups in total. The molecule has 2 aromatic carbocycles. The van der Waals surface area contributed by atoms with E-state index in [0.29, 0.717) is 18.5 Å². The lowest BCUT2D eigenvalue weighted by Gasteiger charge is -2.34. The highest BCUT2D eigenvalue weighted by atomic mass is 32.2. The molecule has 2 amide bonds. The maximum absolute atomic E-state index is 13.8. The molecular weight excluding hydrogens is 645 g/mol. The van der Waals surface area contributed by atoms with Crippen molar-refractivity contribution in [1.82, 2.24) is 14.5 Å². The molecule has 5 aliphatic heterocycles. The quantitative estimate of drug-likeness (QED) is 0.360. The Balaban J connectivity index is 1.36. The zero-order valence-electron chi connectivity index (χ0n) is 27.4. The molecule has 7 rings (SSSR count). The molecule has 0 saturated carbocycles. The van der Waals surface area contributed by atoms with Crippen LogP contribution in [0.3, 0.4) is 0 Å². The number of allylic oxidation sites excluding steroid dienone is 1. The summed E-state index contributed by atoms with van der Waals surface area (Å²) in [5.41, 5.74) is 0.130. The largest absolute Gasteiger partial charge is 0.493 e. The van der Waals surface area contributed by atoms with Crippen LogP contribution in [0.1, 0.15) is 84.0 Å². The normalized spacial score (nSPS) is 25.3. The molecule has 0 aliphatic carbocycles. The van der Waals surface area contributed by atoms with Crippen molar-refractivity contribution in [2.75, 3.05) is 39.0 Å². The van der Waals surface area contributed by atoms with Crippen LogP contribution in [0.4, 0.5) is 13.2 Å². The molecule has 1 fully saturated rings. The van der Waals surface area contributed by atoms with Crippen LogP contribution in [-0.4, -0.2) is 79.9 Å². The van der Waals surface area contributed by atoms with E-state index in [1.54, 1.807) is 18.0 Å². The van der Waals surface area contributed by atoms with E-state index in [4.69, 9.17) is 4.74 Å². The van der Waals surface area contributed by atoms with Crippen LogP contribution in [-0.2, 0) is 27.4 Å². The number of aryl methyl sites for hydroxylation is 2. The van der Waals surface area contributed by atoms with Crippen LogP contribution < -0.4 is 10.1 Å². The maximum Gasteiger partial charge on any atom is 0.416 e. The van der Waals surface area contributed by atoms with Crippen LogP contribution in [0.25, 0.3) is 0 Å². The van der Waals surface area contributed by atoms with Crippen LogP contribution in [0.5, 0.6) is 5.75 Å². The minimum absolute atomic E-state index is 0.0136. The van der Waals surface area contributed by atoms with E-state index in [-0.39, 0.29) is 67.8 Å². The zero-order chi connectivity index (χ0) is 34.5. The fraction of sp³-hybridized carbons (Fsp3) is 0.514. The summed E-state index contributed by atoms with van der Waals surface area (Å²) in [6.45, 7) is 2.78. The second-order valence-electron chi connectivity index (χ2n) is 12.8. The minimum Gasteiger partial charge on any atom is -0.493 e. The van der Waals surface area contributed by atoms with Crippen molar-refractivity contribution in [3.8, 4) is 5.75 Å². The van der Waals surface area contributed by atoms with Crippen molar-refractivity contribution in [2.45, 2.75) is 76.4 Å². The molecule has 0 aromatic heterocycles. The Morgan fingerprint density at radius 1 is 0.917 bits per heavy atom. The first-order chi connectivity index (χ1) is 22.8. The van der Waals surface area contributed by atoms with Crippen LogP contribution >= 0.6 is 0 Å². The summed E-state index contributed by atoms with van der Waals surface area (Å²) in [5.74, 6) is -0.646. The molecular formula is C35H43F3N4O5S. The number of amides is 2. The van der Waals surface area contributed by atoms with E-state index < -0.39 is 33.2 Å². The average Bonchev–Trinajstić information content (AvgIpc) is 3.36. The van der Waals surface area contributed by atoms with E-state index in [0.717, 1.165) is 55.4 Å². The molecule has 13 heteroatoms. The number of benzene rings is 2. The van der Waals surface area contributed by atoms with Gasteiger partial charge in [-0.3, -0.25) is 14.6 Å². The molecule has 48 heavy (non-hydrogen) atoms. The maximum atomic E-state index is 13.8. The Bertz CT molecular complexity index is 1680. The molecule has 5 heterocycles. The second kappa shape index (κ2) is 14.8.